The Labute approximate surface area is 132 Å². The van der Waals surface area contributed by atoms with Gasteiger partial charge in [-0.2, -0.15) is 0 Å². The number of esters is 2. The van der Waals surface area contributed by atoms with Crippen LogP contribution in [0.1, 0.15) is 5.56 Å². The van der Waals surface area contributed by atoms with E-state index in [1.54, 1.807) is 24.3 Å². The van der Waals surface area contributed by atoms with E-state index in [4.69, 9.17) is 21.1 Å². The molecule has 0 aliphatic heterocycles. The lowest BCUT2D eigenvalue weighted by atomic mass is 10.2. The van der Waals surface area contributed by atoms with Gasteiger partial charge in [-0.05, 0) is 29.8 Å². The lowest BCUT2D eigenvalue weighted by molar-refractivity contribution is -0.139. The second-order valence-electron chi connectivity index (χ2n) is 4.30. The van der Waals surface area contributed by atoms with E-state index in [0.717, 1.165) is 17.7 Å². The van der Waals surface area contributed by atoms with Gasteiger partial charge in [0.15, 0.2) is 0 Å². The van der Waals surface area contributed by atoms with Gasteiger partial charge in [0.1, 0.15) is 12.4 Å². The lowest BCUT2D eigenvalue weighted by Crippen LogP contribution is -2.06. The highest BCUT2D eigenvalue weighted by Gasteiger charge is 2.03. The molecule has 0 atom stereocenters. The number of hydrogen-bond donors (Lipinski definition) is 0. The zero-order valence-corrected chi connectivity index (χ0v) is 12.3. The van der Waals surface area contributed by atoms with Crippen molar-refractivity contribution in [2.45, 2.75) is 6.61 Å². The normalized spacial score (nSPS) is 10.4. The van der Waals surface area contributed by atoms with E-state index in [0.29, 0.717) is 10.8 Å². The first-order valence-electron chi connectivity index (χ1n) is 6.49. The molecule has 0 saturated heterocycles. The van der Waals surface area contributed by atoms with Crippen LogP contribution in [-0.2, 0) is 20.9 Å². The molecule has 0 aliphatic carbocycles. The van der Waals surface area contributed by atoms with Crippen molar-refractivity contribution in [2.75, 3.05) is 0 Å². The van der Waals surface area contributed by atoms with Gasteiger partial charge in [0, 0.05) is 17.2 Å². The first-order chi connectivity index (χ1) is 10.6. The van der Waals surface area contributed by atoms with Gasteiger partial charge in [0.25, 0.3) is 0 Å². The third-order valence-corrected chi connectivity index (χ3v) is 2.86. The fourth-order valence-corrected chi connectivity index (χ4v) is 1.69. The largest absolute Gasteiger partial charge is 0.458 e. The lowest BCUT2D eigenvalue weighted by Gasteiger charge is -2.02. The van der Waals surface area contributed by atoms with E-state index >= 15 is 0 Å². The van der Waals surface area contributed by atoms with Gasteiger partial charge in [-0.25, -0.2) is 9.59 Å². The van der Waals surface area contributed by atoms with Crippen LogP contribution in [0, 0.1) is 0 Å². The van der Waals surface area contributed by atoms with Gasteiger partial charge in [-0.1, -0.05) is 41.9 Å². The number of benzene rings is 2. The molecular weight excluding hydrogens is 304 g/mol. The fourth-order valence-electron chi connectivity index (χ4n) is 1.57. The van der Waals surface area contributed by atoms with Gasteiger partial charge in [-0.3, -0.25) is 0 Å². The molecule has 0 saturated carbocycles. The van der Waals surface area contributed by atoms with Crippen LogP contribution in [0.3, 0.4) is 0 Å². The summed E-state index contributed by atoms with van der Waals surface area (Å²) in [6.45, 7) is 0.149. The van der Waals surface area contributed by atoms with Crippen LogP contribution >= 0.6 is 11.6 Å². The Morgan fingerprint density at radius 1 is 0.909 bits per heavy atom. The summed E-state index contributed by atoms with van der Waals surface area (Å²) in [6, 6.07) is 15.6. The summed E-state index contributed by atoms with van der Waals surface area (Å²) in [6.07, 6.45) is 2.04. The zero-order chi connectivity index (χ0) is 15.8. The standard InChI is InChI=1S/C17H13ClO4/c18-14-6-8-15(9-7-14)22-17(20)11-10-16(19)21-12-13-4-2-1-3-5-13/h1-11H,12H2/b11-10-. The van der Waals surface area contributed by atoms with Crippen LogP contribution in [-0.4, -0.2) is 11.9 Å². The van der Waals surface area contributed by atoms with Crippen LogP contribution in [0.5, 0.6) is 5.75 Å². The molecule has 0 aliphatic rings. The van der Waals surface area contributed by atoms with Crippen molar-refractivity contribution >= 4 is 23.5 Å². The zero-order valence-electron chi connectivity index (χ0n) is 11.6. The Balaban J connectivity index is 1.79. The Kier molecular flexibility index (Phi) is 5.74. The smallest absolute Gasteiger partial charge is 0.336 e. The van der Waals surface area contributed by atoms with Crippen LogP contribution in [0.4, 0.5) is 0 Å². The van der Waals surface area contributed by atoms with Crippen LogP contribution in [0.25, 0.3) is 0 Å². The monoisotopic (exact) mass is 316 g/mol. The van der Waals surface area contributed by atoms with Crippen LogP contribution in [0.2, 0.25) is 5.02 Å². The van der Waals surface area contributed by atoms with Gasteiger partial charge in [0.05, 0.1) is 0 Å². The minimum Gasteiger partial charge on any atom is -0.458 e. The second kappa shape index (κ2) is 8.00. The topological polar surface area (TPSA) is 52.6 Å². The van der Waals surface area contributed by atoms with Gasteiger partial charge < -0.3 is 9.47 Å². The maximum Gasteiger partial charge on any atom is 0.336 e. The average molecular weight is 317 g/mol. The van der Waals surface area contributed by atoms with Crippen molar-refractivity contribution in [1.29, 1.82) is 0 Å². The van der Waals surface area contributed by atoms with Crippen LogP contribution < -0.4 is 4.74 Å². The summed E-state index contributed by atoms with van der Waals surface area (Å²) in [5.41, 5.74) is 0.869. The molecule has 0 amide bonds. The molecule has 112 valence electrons. The molecule has 0 aromatic heterocycles. The maximum atomic E-state index is 11.5. The molecule has 2 aromatic rings. The summed E-state index contributed by atoms with van der Waals surface area (Å²) in [7, 11) is 0. The number of hydrogen-bond acceptors (Lipinski definition) is 4. The molecule has 4 nitrogen and oxygen atoms in total. The molecule has 0 fully saturated rings. The molecule has 5 heteroatoms. The average Bonchev–Trinajstić information content (AvgIpc) is 2.54. The highest BCUT2D eigenvalue weighted by atomic mass is 35.5. The van der Waals surface area contributed by atoms with E-state index in [-0.39, 0.29) is 6.61 Å². The van der Waals surface area contributed by atoms with Crippen molar-refractivity contribution < 1.29 is 19.1 Å². The Morgan fingerprint density at radius 3 is 2.23 bits per heavy atom. The maximum absolute atomic E-state index is 11.5. The van der Waals surface area contributed by atoms with Crippen molar-refractivity contribution in [1.82, 2.24) is 0 Å². The summed E-state index contributed by atoms with van der Waals surface area (Å²) in [5.74, 6) is -0.937. The Bertz CT molecular complexity index is 663. The number of carbonyl (C=O) groups is 2. The van der Waals surface area contributed by atoms with E-state index < -0.39 is 11.9 Å². The summed E-state index contributed by atoms with van der Waals surface area (Å²) in [4.78, 5) is 23.0. The Hall–Kier alpha value is -2.59. The molecule has 0 heterocycles. The van der Waals surface area contributed by atoms with Crippen molar-refractivity contribution in [3.05, 3.63) is 77.3 Å². The van der Waals surface area contributed by atoms with Gasteiger partial charge in [0.2, 0.25) is 0 Å². The van der Waals surface area contributed by atoms with Gasteiger partial charge in [-0.15, -0.1) is 0 Å². The highest BCUT2D eigenvalue weighted by molar-refractivity contribution is 6.30. The molecule has 0 radical (unpaired) electrons. The molecule has 2 aromatic carbocycles. The minimum absolute atomic E-state index is 0.149. The predicted octanol–water partition coefficient (Wildman–Crippen LogP) is 3.55. The molecule has 0 spiro atoms. The minimum atomic E-state index is -0.668. The third-order valence-electron chi connectivity index (χ3n) is 2.61. The Morgan fingerprint density at radius 2 is 1.55 bits per heavy atom. The van der Waals surface area contributed by atoms with Crippen molar-refractivity contribution in [3.63, 3.8) is 0 Å². The SMILES string of the molecule is O=C(/C=C\C(=O)Oc1ccc(Cl)cc1)OCc1ccccc1. The number of ether oxygens (including phenoxy) is 2. The van der Waals surface area contributed by atoms with Crippen molar-refractivity contribution in [2.24, 2.45) is 0 Å². The highest BCUT2D eigenvalue weighted by Crippen LogP contribution is 2.15. The number of halogens is 1. The molecule has 0 unspecified atom stereocenters. The summed E-state index contributed by atoms with van der Waals surface area (Å²) in [5, 5.41) is 0.542. The number of carbonyl (C=O) groups excluding carboxylic acids is 2. The fraction of sp³-hybridized carbons (Fsp3) is 0.0588. The predicted molar refractivity (Wildman–Crippen MR) is 82.5 cm³/mol. The van der Waals surface area contributed by atoms with E-state index in [1.165, 1.54) is 0 Å². The quantitative estimate of drug-likeness (QED) is 0.481. The summed E-state index contributed by atoms with van der Waals surface area (Å²) >= 11 is 5.72. The van der Waals surface area contributed by atoms with Crippen molar-refractivity contribution in [3.8, 4) is 5.75 Å². The molecule has 0 bridgehead atoms. The molecule has 0 N–H and O–H groups in total. The molecule has 2 rings (SSSR count). The van der Waals surface area contributed by atoms with E-state index in [9.17, 15) is 9.59 Å². The summed E-state index contributed by atoms with van der Waals surface area (Å²) < 4.78 is 9.98. The van der Waals surface area contributed by atoms with E-state index in [2.05, 4.69) is 0 Å². The number of rotatable bonds is 5. The molecular formula is C17H13ClO4. The first kappa shape index (κ1) is 15.8. The third kappa shape index (κ3) is 5.42. The second-order valence-corrected chi connectivity index (χ2v) is 4.74. The molecule has 22 heavy (non-hydrogen) atoms. The van der Waals surface area contributed by atoms with E-state index in [1.807, 2.05) is 30.3 Å². The van der Waals surface area contributed by atoms with Gasteiger partial charge >= 0.3 is 11.9 Å². The first-order valence-corrected chi connectivity index (χ1v) is 6.87. The van der Waals surface area contributed by atoms with Crippen LogP contribution in [0.15, 0.2) is 66.7 Å².